The van der Waals surface area contributed by atoms with E-state index >= 15 is 0 Å². The van der Waals surface area contributed by atoms with E-state index in [1.165, 1.54) is 10.8 Å². The van der Waals surface area contributed by atoms with Crippen LogP contribution >= 0.6 is 0 Å². The Morgan fingerprint density at radius 1 is 0.824 bits per heavy atom. The molecular formula is C14H9N3. The molecule has 4 rings (SSSR count). The van der Waals surface area contributed by atoms with Crippen LogP contribution in [-0.4, -0.2) is 15.2 Å². The average molecular weight is 219 g/mol. The first-order valence-corrected chi connectivity index (χ1v) is 5.53. The lowest BCUT2D eigenvalue weighted by Gasteiger charge is -2.04. The molecule has 0 saturated carbocycles. The van der Waals surface area contributed by atoms with Crippen LogP contribution in [0.5, 0.6) is 0 Å². The quantitative estimate of drug-likeness (QED) is 0.461. The zero-order valence-corrected chi connectivity index (χ0v) is 9.01. The first-order valence-electron chi connectivity index (χ1n) is 5.53. The number of rotatable bonds is 0. The Morgan fingerprint density at radius 3 is 2.53 bits per heavy atom. The van der Waals surface area contributed by atoms with Crippen molar-refractivity contribution in [1.82, 2.24) is 15.2 Å². The lowest BCUT2D eigenvalue weighted by Crippen LogP contribution is -1.83. The zero-order chi connectivity index (χ0) is 11.2. The van der Waals surface area contributed by atoms with Gasteiger partial charge in [-0.1, -0.05) is 30.3 Å². The Kier molecular flexibility index (Phi) is 1.56. The van der Waals surface area contributed by atoms with Crippen molar-refractivity contribution in [2.45, 2.75) is 0 Å². The largest absolute Gasteiger partial charge is 0.277 e. The van der Waals surface area contributed by atoms with Gasteiger partial charge in [0.25, 0.3) is 0 Å². The minimum atomic E-state index is 1.04. The van der Waals surface area contributed by atoms with Crippen molar-refractivity contribution in [1.29, 1.82) is 0 Å². The second-order valence-electron chi connectivity index (χ2n) is 4.10. The van der Waals surface area contributed by atoms with Gasteiger partial charge in [0.05, 0.1) is 17.2 Å². The molecule has 3 nitrogen and oxygen atoms in total. The average Bonchev–Trinajstić information content (AvgIpc) is 2.89. The summed E-state index contributed by atoms with van der Waals surface area (Å²) in [5.41, 5.74) is 2.12. The number of hydrogen-bond acceptors (Lipinski definition) is 2. The van der Waals surface area contributed by atoms with Crippen LogP contribution in [0.3, 0.4) is 0 Å². The fourth-order valence-electron chi connectivity index (χ4n) is 2.44. The number of aromatic nitrogens is 3. The minimum Gasteiger partial charge on any atom is -0.277 e. The molecule has 0 fully saturated rings. The molecule has 0 radical (unpaired) electrons. The Bertz CT molecular complexity index is 776. The summed E-state index contributed by atoms with van der Waals surface area (Å²) in [4.78, 5) is 4.50. The highest BCUT2D eigenvalue weighted by Gasteiger charge is 2.09. The van der Waals surface area contributed by atoms with Gasteiger partial charge in [0.2, 0.25) is 0 Å². The first kappa shape index (κ1) is 8.70. The standard InChI is InChI=1S/C14H9N3/c1-2-5-10-9(4-1)13-11(6-3-7-15-13)12-8-16-17-14(10)12/h1-8H,(H,16,17). The Hall–Kier alpha value is -2.42. The third-order valence-electron chi connectivity index (χ3n) is 3.19. The third-order valence-corrected chi connectivity index (χ3v) is 3.19. The number of nitrogens with zero attached hydrogens (tertiary/aromatic N) is 2. The van der Waals surface area contributed by atoms with Crippen molar-refractivity contribution in [3.05, 3.63) is 48.8 Å². The van der Waals surface area contributed by atoms with E-state index in [1.807, 2.05) is 30.6 Å². The first-order chi connectivity index (χ1) is 8.45. The van der Waals surface area contributed by atoms with E-state index in [4.69, 9.17) is 0 Å². The summed E-state index contributed by atoms with van der Waals surface area (Å²) in [5.74, 6) is 0. The molecule has 0 aliphatic heterocycles. The van der Waals surface area contributed by atoms with E-state index in [0.29, 0.717) is 0 Å². The smallest absolute Gasteiger partial charge is 0.0788 e. The number of fused-ring (bicyclic) bond motifs is 6. The van der Waals surface area contributed by atoms with Gasteiger partial charge >= 0.3 is 0 Å². The van der Waals surface area contributed by atoms with Gasteiger partial charge in [-0.2, -0.15) is 5.10 Å². The van der Waals surface area contributed by atoms with Crippen LogP contribution in [-0.2, 0) is 0 Å². The summed E-state index contributed by atoms with van der Waals surface area (Å²) in [6, 6.07) is 12.3. The molecule has 0 bridgehead atoms. The zero-order valence-electron chi connectivity index (χ0n) is 9.01. The molecule has 0 amide bonds. The summed E-state index contributed by atoms with van der Waals surface area (Å²) in [6.45, 7) is 0. The predicted molar refractivity (Wildman–Crippen MR) is 68.9 cm³/mol. The van der Waals surface area contributed by atoms with Gasteiger partial charge in [-0.25, -0.2) is 0 Å². The molecule has 2 aromatic carbocycles. The van der Waals surface area contributed by atoms with Crippen LogP contribution < -0.4 is 0 Å². The number of H-pyrrole nitrogens is 1. The van der Waals surface area contributed by atoms with E-state index in [-0.39, 0.29) is 0 Å². The fourth-order valence-corrected chi connectivity index (χ4v) is 2.44. The second kappa shape index (κ2) is 3.04. The SMILES string of the molecule is c1ccc2c(c1)c1ncccc1c1cn[nH]c21. The van der Waals surface area contributed by atoms with Gasteiger partial charge in [-0.3, -0.25) is 10.1 Å². The topological polar surface area (TPSA) is 41.6 Å². The second-order valence-corrected chi connectivity index (χ2v) is 4.10. The van der Waals surface area contributed by atoms with E-state index < -0.39 is 0 Å². The number of nitrogens with one attached hydrogen (secondary N) is 1. The highest BCUT2D eigenvalue weighted by Crippen LogP contribution is 2.31. The molecule has 17 heavy (non-hydrogen) atoms. The summed E-state index contributed by atoms with van der Waals surface area (Å²) < 4.78 is 0. The summed E-state index contributed by atoms with van der Waals surface area (Å²) in [7, 11) is 0. The highest BCUT2D eigenvalue weighted by atomic mass is 15.1. The maximum Gasteiger partial charge on any atom is 0.0788 e. The molecule has 0 unspecified atom stereocenters. The van der Waals surface area contributed by atoms with Gasteiger partial charge in [0.15, 0.2) is 0 Å². The number of benzene rings is 2. The van der Waals surface area contributed by atoms with E-state index in [0.717, 1.165) is 21.8 Å². The van der Waals surface area contributed by atoms with Crippen LogP contribution in [0.4, 0.5) is 0 Å². The van der Waals surface area contributed by atoms with Crippen molar-refractivity contribution >= 4 is 32.6 Å². The van der Waals surface area contributed by atoms with Crippen LogP contribution in [0.2, 0.25) is 0 Å². The number of hydrogen-bond donors (Lipinski definition) is 1. The van der Waals surface area contributed by atoms with Crippen LogP contribution in [0.15, 0.2) is 48.8 Å². The van der Waals surface area contributed by atoms with E-state index in [2.05, 4.69) is 33.4 Å². The van der Waals surface area contributed by atoms with Crippen LogP contribution in [0.1, 0.15) is 0 Å². The molecule has 0 aliphatic carbocycles. The maximum atomic E-state index is 4.50. The molecule has 2 aromatic heterocycles. The van der Waals surface area contributed by atoms with Crippen molar-refractivity contribution in [2.75, 3.05) is 0 Å². The third kappa shape index (κ3) is 1.05. The van der Waals surface area contributed by atoms with Gasteiger partial charge in [0, 0.05) is 27.7 Å². The van der Waals surface area contributed by atoms with Crippen molar-refractivity contribution in [3.63, 3.8) is 0 Å². The number of aromatic amines is 1. The van der Waals surface area contributed by atoms with Gasteiger partial charge in [0.1, 0.15) is 0 Å². The van der Waals surface area contributed by atoms with Gasteiger partial charge in [-0.05, 0) is 6.07 Å². The molecule has 80 valence electrons. The monoisotopic (exact) mass is 219 g/mol. The molecular weight excluding hydrogens is 210 g/mol. The molecule has 3 heteroatoms. The Morgan fingerprint density at radius 2 is 1.59 bits per heavy atom. The molecule has 0 atom stereocenters. The van der Waals surface area contributed by atoms with Crippen molar-refractivity contribution in [2.24, 2.45) is 0 Å². The lowest BCUT2D eigenvalue weighted by molar-refractivity contribution is 1.12. The molecule has 0 spiro atoms. The Labute approximate surface area is 97.1 Å². The van der Waals surface area contributed by atoms with Gasteiger partial charge < -0.3 is 0 Å². The van der Waals surface area contributed by atoms with Crippen LogP contribution in [0, 0.1) is 0 Å². The fraction of sp³-hybridized carbons (Fsp3) is 0. The molecule has 0 aliphatic rings. The predicted octanol–water partition coefficient (Wildman–Crippen LogP) is 3.26. The van der Waals surface area contributed by atoms with Crippen molar-refractivity contribution < 1.29 is 0 Å². The molecule has 2 heterocycles. The summed E-state index contributed by atoms with van der Waals surface area (Å²) in [5, 5.41) is 11.8. The Balaban J connectivity index is 2.48. The maximum absolute atomic E-state index is 4.50. The van der Waals surface area contributed by atoms with Crippen LogP contribution in [0.25, 0.3) is 32.6 Å². The molecule has 4 aromatic rings. The van der Waals surface area contributed by atoms with E-state index in [1.54, 1.807) is 0 Å². The van der Waals surface area contributed by atoms with E-state index in [9.17, 15) is 0 Å². The summed E-state index contributed by atoms with van der Waals surface area (Å²) in [6.07, 6.45) is 3.70. The molecule has 0 saturated heterocycles. The highest BCUT2D eigenvalue weighted by molar-refractivity contribution is 6.22. The normalized spacial score (nSPS) is 11.5. The van der Waals surface area contributed by atoms with Gasteiger partial charge in [-0.15, -0.1) is 0 Å². The van der Waals surface area contributed by atoms with Crippen molar-refractivity contribution in [3.8, 4) is 0 Å². The minimum absolute atomic E-state index is 1.04. The number of pyridine rings is 1. The lowest BCUT2D eigenvalue weighted by atomic mass is 10.0. The summed E-state index contributed by atoms with van der Waals surface area (Å²) >= 11 is 0. The molecule has 1 N–H and O–H groups in total.